The molecule has 0 radical (unpaired) electrons. The zero-order valence-electron chi connectivity index (χ0n) is 54.7. The van der Waals surface area contributed by atoms with E-state index in [1.54, 1.807) is 41.8 Å². The number of hydrogen-bond donors (Lipinski definition) is 1. The Kier molecular flexibility index (Phi) is 20.2. The minimum atomic E-state index is -1.94. The molecule has 10 aromatic rings. The highest BCUT2D eigenvalue weighted by Crippen LogP contribution is 2.44. The van der Waals surface area contributed by atoms with Crippen LogP contribution in [0.2, 0.25) is 5.02 Å². The number of pyridine rings is 6. The fraction of sp³-hybridized carbons (Fsp3) is 0.304. The van der Waals surface area contributed by atoms with Crippen molar-refractivity contribution in [3.8, 4) is 22.9 Å². The van der Waals surface area contributed by atoms with Crippen molar-refractivity contribution in [3.05, 3.63) is 277 Å². The summed E-state index contributed by atoms with van der Waals surface area (Å²) in [5, 5.41) is 12.8. The van der Waals surface area contributed by atoms with E-state index < -0.39 is 23.0 Å². The summed E-state index contributed by atoms with van der Waals surface area (Å²) in [6, 6.07) is 52.7. The van der Waals surface area contributed by atoms with Gasteiger partial charge in [0.05, 0.1) is 69.4 Å². The van der Waals surface area contributed by atoms with Gasteiger partial charge in [0.25, 0.3) is 5.56 Å². The van der Waals surface area contributed by atoms with Crippen LogP contribution in [-0.2, 0) is 90.7 Å². The Morgan fingerprint density at radius 3 is 1.78 bits per heavy atom. The number of halogens is 1. The Morgan fingerprint density at radius 1 is 0.629 bits per heavy atom. The smallest absolute Gasteiger partial charge is 0.343 e. The third-order valence-electron chi connectivity index (χ3n) is 19.1. The molecule has 0 bridgehead atoms. The van der Waals surface area contributed by atoms with Crippen LogP contribution in [0.15, 0.2) is 193 Å². The zero-order valence-corrected chi connectivity index (χ0v) is 55.5. The Morgan fingerprint density at radius 2 is 1.23 bits per heavy atom. The topological polar surface area (TPSA) is 195 Å². The van der Waals surface area contributed by atoms with E-state index in [0.29, 0.717) is 111 Å². The van der Waals surface area contributed by atoms with Crippen molar-refractivity contribution in [2.75, 3.05) is 13.2 Å². The molecule has 1 fully saturated rings. The lowest BCUT2D eigenvalue weighted by atomic mass is 9.68. The number of benzene rings is 4. The average molecular weight is 1320 g/mol. The monoisotopic (exact) mass is 1320 g/mol. The molecule has 6 aromatic heterocycles. The molecule has 1 saturated carbocycles. The number of aryl methyl sites for hydroxylation is 1. The van der Waals surface area contributed by atoms with Gasteiger partial charge in [-0.05, 0) is 176 Å². The molecule has 4 aromatic carbocycles. The highest BCUT2D eigenvalue weighted by molar-refractivity contribution is 6.30. The number of carbonyl (C=O) groups excluding carboxylic acids is 3. The van der Waals surface area contributed by atoms with Gasteiger partial charge in [-0.3, -0.25) is 39.3 Å². The number of nitrogens with zero attached hydrogens (tertiary/aromatic N) is 9. The summed E-state index contributed by atoms with van der Waals surface area (Å²) in [5.74, 6) is -0.156. The standard InChI is InChI=1S/C79H78ClN9O8/c1-3-66-67-43-64(30-31-71(67)85-73-68(66)52-89-72(73)44-70-69(74(89)90)53-96-77(93)79(70,94)4-2)97-75(91)57-24-22-54(23-25-57)47-88(76(92)78(32-10-5-11-33-78)58-26-28-59(80)29-27-58)38-16-17-39-95-65-41-55(45-86(48-60-18-6-12-34-81-60)49-61-19-7-13-35-82-61)40-56(42-65)46-87(50-62-20-8-14-36-83-62)51-63-21-9-15-37-84-63/h6-9,12-15,18-31,34-37,40-44,94H,3-5,10-11,16-17,32-33,38-39,45-53H2,1-2H3. The summed E-state index contributed by atoms with van der Waals surface area (Å²) in [5.41, 5.74) is 9.28. The number of rotatable bonds is 26. The first kappa shape index (κ1) is 65.9. The van der Waals surface area contributed by atoms with Crippen molar-refractivity contribution in [2.24, 2.45) is 0 Å². The fourth-order valence-corrected chi connectivity index (χ4v) is 14.3. The number of esters is 2. The van der Waals surface area contributed by atoms with E-state index in [2.05, 4.69) is 52.3 Å². The van der Waals surface area contributed by atoms with Gasteiger partial charge in [0.2, 0.25) is 5.91 Å². The molecule has 8 heterocycles. The van der Waals surface area contributed by atoms with Gasteiger partial charge in [-0.25, -0.2) is 14.6 Å². The molecule has 1 aliphatic carbocycles. The zero-order chi connectivity index (χ0) is 66.9. The first-order chi connectivity index (χ1) is 47.3. The van der Waals surface area contributed by atoms with Crippen molar-refractivity contribution in [2.45, 2.75) is 142 Å². The third-order valence-corrected chi connectivity index (χ3v) is 19.3. The molecule has 0 spiro atoms. The highest BCUT2D eigenvalue weighted by Gasteiger charge is 2.46. The van der Waals surface area contributed by atoms with Crippen LogP contribution in [0.4, 0.5) is 0 Å². The van der Waals surface area contributed by atoms with Gasteiger partial charge in [0.15, 0.2) is 5.60 Å². The molecule has 13 rings (SSSR count). The van der Waals surface area contributed by atoms with Gasteiger partial charge in [-0.1, -0.05) is 99.3 Å². The van der Waals surface area contributed by atoms with Crippen molar-refractivity contribution in [3.63, 3.8) is 0 Å². The third kappa shape index (κ3) is 14.8. The van der Waals surface area contributed by atoms with Crippen LogP contribution in [0.1, 0.15) is 143 Å². The van der Waals surface area contributed by atoms with Gasteiger partial charge >= 0.3 is 11.9 Å². The minimum absolute atomic E-state index is 0.0457. The Labute approximate surface area is 569 Å². The normalized spacial score (nSPS) is 15.4. The second-order valence-electron chi connectivity index (χ2n) is 25.6. The minimum Gasteiger partial charge on any atom is -0.494 e. The molecule has 1 amide bonds. The second-order valence-corrected chi connectivity index (χ2v) is 26.1. The van der Waals surface area contributed by atoms with Crippen LogP contribution in [0.25, 0.3) is 22.3 Å². The van der Waals surface area contributed by atoms with E-state index in [-0.39, 0.29) is 42.2 Å². The molecule has 0 saturated heterocycles. The SMILES string of the molecule is CCc1c2c(nc3ccc(OC(=O)c4ccc(CN(CCCCOc5cc(CN(Cc6ccccn6)Cc6ccccn6)cc(CN(Cc6ccccn6)Cc6ccccn6)c5)C(=O)C5(c6ccc(Cl)cc6)CCCCC5)cc4)cc13)-c1cc3c(c(=O)n1C2)COC(=O)C3(O)CC. The van der Waals surface area contributed by atoms with Crippen molar-refractivity contribution in [1.82, 2.24) is 44.2 Å². The van der Waals surface area contributed by atoms with Crippen LogP contribution in [0, 0.1) is 0 Å². The predicted molar refractivity (Wildman–Crippen MR) is 371 cm³/mol. The van der Waals surface area contributed by atoms with Gasteiger partial charge < -0.3 is 28.8 Å². The van der Waals surface area contributed by atoms with Crippen LogP contribution < -0.4 is 15.0 Å². The number of fused-ring (bicyclic) bond motifs is 5. The molecule has 17 nitrogen and oxygen atoms in total. The predicted octanol–water partition coefficient (Wildman–Crippen LogP) is 13.6. The van der Waals surface area contributed by atoms with E-state index in [1.807, 2.05) is 128 Å². The van der Waals surface area contributed by atoms with Crippen molar-refractivity contribution >= 4 is 40.3 Å². The number of aliphatic hydroxyl groups is 1. The van der Waals surface area contributed by atoms with E-state index >= 15 is 4.79 Å². The Balaban J connectivity index is 0.730. The maximum atomic E-state index is 15.6. The number of carbonyl (C=O) groups is 3. The molecular formula is C79H78ClN9O8. The van der Waals surface area contributed by atoms with Gasteiger partial charge in [-0.2, -0.15) is 0 Å². The first-order valence-corrected chi connectivity index (χ1v) is 34.0. The molecule has 3 aliphatic rings. The Bertz CT molecular complexity index is 4310. The van der Waals surface area contributed by atoms with Crippen LogP contribution in [0.3, 0.4) is 0 Å². The second kappa shape index (κ2) is 29.7. The molecule has 1 atom stereocenters. The van der Waals surface area contributed by atoms with E-state index in [4.69, 9.17) is 50.7 Å². The van der Waals surface area contributed by atoms with Crippen LogP contribution >= 0.6 is 11.6 Å². The molecule has 1 N–H and O–H groups in total. The van der Waals surface area contributed by atoms with Gasteiger partial charge in [0, 0.05) is 98.7 Å². The lowest BCUT2D eigenvalue weighted by Crippen LogP contribution is -2.48. The fourth-order valence-electron chi connectivity index (χ4n) is 14.2. The molecule has 1 unspecified atom stereocenters. The maximum absolute atomic E-state index is 15.6. The lowest BCUT2D eigenvalue weighted by Gasteiger charge is -2.40. The van der Waals surface area contributed by atoms with E-state index in [1.165, 1.54) is 0 Å². The molecule has 18 heteroatoms. The van der Waals surface area contributed by atoms with Crippen molar-refractivity contribution < 1.29 is 33.7 Å². The van der Waals surface area contributed by atoms with Gasteiger partial charge in [0.1, 0.15) is 18.1 Å². The van der Waals surface area contributed by atoms with Gasteiger partial charge in [-0.15, -0.1) is 0 Å². The highest BCUT2D eigenvalue weighted by atomic mass is 35.5. The largest absolute Gasteiger partial charge is 0.494 e. The average Bonchev–Trinajstić information content (AvgIpc) is 1.62. The van der Waals surface area contributed by atoms with E-state index in [9.17, 15) is 19.5 Å². The van der Waals surface area contributed by atoms with E-state index in [0.717, 1.165) is 99.4 Å². The lowest BCUT2D eigenvalue weighted by molar-refractivity contribution is -0.172. The summed E-state index contributed by atoms with van der Waals surface area (Å²) in [7, 11) is 0. The number of amides is 1. The molecule has 97 heavy (non-hydrogen) atoms. The summed E-state index contributed by atoms with van der Waals surface area (Å²) in [4.78, 5) is 86.9. The number of aromatic nitrogens is 6. The maximum Gasteiger partial charge on any atom is 0.343 e. The molecule has 2 aliphatic heterocycles. The summed E-state index contributed by atoms with van der Waals surface area (Å²) in [6.45, 7) is 8.64. The summed E-state index contributed by atoms with van der Waals surface area (Å²) in [6.07, 6.45) is 13.7. The van der Waals surface area contributed by atoms with Crippen molar-refractivity contribution in [1.29, 1.82) is 0 Å². The Hall–Kier alpha value is -9.78. The number of ether oxygens (including phenoxy) is 3. The van der Waals surface area contributed by atoms with Crippen LogP contribution in [0.5, 0.6) is 11.5 Å². The molecular weight excluding hydrogens is 1240 g/mol. The number of cyclic esters (lactones) is 1. The summed E-state index contributed by atoms with van der Waals surface area (Å²) >= 11 is 6.47. The quantitative estimate of drug-likeness (QED) is 0.0305. The van der Waals surface area contributed by atoms with Crippen LogP contribution in [-0.4, -0.2) is 80.3 Å². The number of unbranched alkanes of at least 4 members (excludes halogenated alkanes) is 1. The summed E-state index contributed by atoms with van der Waals surface area (Å²) < 4.78 is 19.8. The number of hydrogen-bond acceptors (Lipinski definition) is 15. The first-order valence-electron chi connectivity index (χ1n) is 33.6. The molecule has 494 valence electrons.